The van der Waals surface area contributed by atoms with Crippen molar-refractivity contribution in [3.63, 3.8) is 0 Å². The van der Waals surface area contributed by atoms with Crippen molar-refractivity contribution in [2.45, 2.75) is 20.0 Å². The summed E-state index contributed by atoms with van der Waals surface area (Å²) in [6.07, 6.45) is -2.68. The van der Waals surface area contributed by atoms with Gasteiger partial charge < -0.3 is 15.8 Å². The first kappa shape index (κ1) is 19.7. The lowest BCUT2D eigenvalue weighted by Gasteiger charge is -2.13. The number of nitrogens with zero attached hydrogens (tertiary/aromatic N) is 3. The Morgan fingerprint density at radius 3 is 2.43 bits per heavy atom. The van der Waals surface area contributed by atoms with Gasteiger partial charge in [-0.25, -0.2) is 9.97 Å². The second-order valence-corrected chi connectivity index (χ2v) is 6.37. The molecule has 2 aromatic heterocycles. The van der Waals surface area contributed by atoms with Gasteiger partial charge in [0.05, 0.1) is 10.6 Å². The first-order valence-electron chi connectivity index (χ1n) is 8.00. The molecule has 0 aliphatic carbocycles. The Morgan fingerprint density at radius 2 is 1.79 bits per heavy atom. The number of halogens is 4. The van der Waals surface area contributed by atoms with E-state index in [4.69, 9.17) is 22.1 Å². The van der Waals surface area contributed by atoms with Crippen LogP contribution in [0, 0.1) is 13.8 Å². The average Bonchev–Trinajstić information content (AvgIpc) is 2.62. The second-order valence-electron chi connectivity index (χ2n) is 5.97. The molecule has 0 aliphatic heterocycles. The average molecular weight is 410 g/mol. The van der Waals surface area contributed by atoms with Gasteiger partial charge >= 0.3 is 6.18 Å². The van der Waals surface area contributed by atoms with E-state index >= 15 is 0 Å². The van der Waals surface area contributed by atoms with E-state index in [-0.39, 0.29) is 28.2 Å². The van der Waals surface area contributed by atoms with E-state index in [1.807, 2.05) is 26.0 Å². The summed E-state index contributed by atoms with van der Waals surface area (Å²) in [7, 11) is 0. The predicted molar refractivity (Wildman–Crippen MR) is 100.0 cm³/mol. The zero-order valence-corrected chi connectivity index (χ0v) is 15.6. The van der Waals surface area contributed by atoms with Crippen LogP contribution in [0.3, 0.4) is 0 Å². The summed E-state index contributed by atoms with van der Waals surface area (Å²) in [6.45, 7) is 3.91. The summed E-state index contributed by atoms with van der Waals surface area (Å²) in [5.74, 6) is 0.689. The van der Waals surface area contributed by atoms with Crippen LogP contribution in [0.4, 0.5) is 30.5 Å². The highest BCUT2D eigenvalue weighted by Crippen LogP contribution is 2.35. The molecule has 3 N–H and O–H groups in total. The van der Waals surface area contributed by atoms with Gasteiger partial charge in [-0.15, -0.1) is 0 Å². The maximum absolute atomic E-state index is 12.7. The lowest BCUT2D eigenvalue weighted by Crippen LogP contribution is -2.08. The standard InChI is InChI=1S/C18H15ClF3N5O/c1-9-3-4-12(5-10(9)2)28-17-14(23)16(25-8-26-17)27-15-13(19)6-11(7-24-15)18(20,21)22/h3-8H,23H2,1-2H3,(H,24,25,26,27). The SMILES string of the molecule is Cc1ccc(Oc2ncnc(Nc3ncc(C(F)(F)F)cc3Cl)c2N)cc1C. The number of hydrogen-bond acceptors (Lipinski definition) is 6. The molecule has 0 saturated carbocycles. The van der Waals surface area contributed by atoms with Gasteiger partial charge in [0.2, 0.25) is 5.88 Å². The molecule has 0 atom stereocenters. The predicted octanol–water partition coefficient (Wildman–Crippen LogP) is 5.28. The minimum absolute atomic E-state index is 0.0304. The van der Waals surface area contributed by atoms with Crippen molar-refractivity contribution in [3.8, 4) is 11.6 Å². The van der Waals surface area contributed by atoms with Gasteiger partial charge in [-0.3, -0.25) is 0 Å². The summed E-state index contributed by atoms with van der Waals surface area (Å²) >= 11 is 5.90. The fourth-order valence-corrected chi connectivity index (χ4v) is 2.46. The zero-order valence-electron chi connectivity index (χ0n) is 14.8. The Hall–Kier alpha value is -3.07. The highest BCUT2D eigenvalue weighted by Gasteiger charge is 2.31. The third-order valence-corrected chi connectivity index (χ3v) is 4.23. The number of rotatable bonds is 4. The molecule has 28 heavy (non-hydrogen) atoms. The minimum Gasteiger partial charge on any atom is -0.437 e. The van der Waals surface area contributed by atoms with Crippen LogP contribution >= 0.6 is 11.6 Å². The fraction of sp³-hybridized carbons (Fsp3) is 0.167. The third kappa shape index (κ3) is 4.25. The van der Waals surface area contributed by atoms with Crippen molar-refractivity contribution in [2.24, 2.45) is 0 Å². The molecule has 10 heteroatoms. The Bertz CT molecular complexity index is 1030. The van der Waals surface area contributed by atoms with Gasteiger partial charge in [0.15, 0.2) is 5.82 Å². The number of aromatic nitrogens is 3. The Balaban J connectivity index is 1.86. The molecule has 0 spiro atoms. The molecule has 6 nitrogen and oxygen atoms in total. The molecule has 0 fully saturated rings. The summed E-state index contributed by atoms with van der Waals surface area (Å²) < 4.78 is 43.9. The number of pyridine rings is 1. The fourth-order valence-electron chi connectivity index (χ4n) is 2.25. The second kappa shape index (κ2) is 7.51. The lowest BCUT2D eigenvalue weighted by atomic mass is 10.1. The quantitative estimate of drug-likeness (QED) is 0.609. The number of alkyl halides is 3. The summed E-state index contributed by atoms with van der Waals surface area (Å²) in [6, 6.07) is 6.26. The molecule has 0 saturated heterocycles. The first-order chi connectivity index (χ1) is 13.1. The van der Waals surface area contributed by atoms with Crippen molar-refractivity contribution in [2.75, 3.05) is 11.1 Å². The van der Waals surface area contributed by atoms with E-state index in [0.29, 0.717) is 11.9 Å². The van der Waals surface area contributed by atoms with E-state index in [9.17, 15) is 13.2 Å². The van der Waals surface area contributed by atoms with Crippen molar-refractivity contribution in [1.29, 1.82) is 0 Å². The number of nitrogen functional groups attached to an aromatic ring is 1. The molecular formula is C18H15ClF3N5O. The van der Waals surface area contributed by atoms with E-state index in [1.165, 1.54) is 6.33 Å². The molecule has 0 aliphatic rings. The monoisotopic (exact) mass is 409 g/mol. The van der Waals surface area contributed by atoms with Crippen molar-refractivity contribution in [1.82, 2.24) is 15.0 Å². The molecule has 2 heterocycles. The van der Waals surface area contributed by atoms with E-state index in [2.05, 4.69) is 20.3 Å². The highest BCUT2D eigenvalue weighted by molar-refractivity contribution is 6.33. The van der Waals surface area contributed by atoms with E-state index < -0.39 is 11.7 Å². The van der Waals surface area contributed by atoms with E-state index in [1.54, 1.807) is 6.07 Å². The Kier molecular flexibility index (Phi) is 5.28. The molecular weight excluding hydrogens is 395 g/mol. The largest absolute Gasteiger partial charge is 0.437 e. The number of benzene rings is 1. The number of hydrogen-bond donors (Lipinski definition) is 2. The Labute approximate surface area is 163 Å². The van der Waals surface area contributed by atoms with Crippen LogP contribution in [0.5, 0.6) is 11.6 Å². The van der Waals surface area contributed by atoms with Crippen LogP contribution < -0.4 is 15.8 Å². The topological polar surface area (TPSA) is 86.0 Å². The normalized spacial score (nSPS) is 11.4. The van der Waals surface area contributed by atoms with Crippen LogP contribution in [0.25, 0.3) is 0 Å². The molecule has 0 bridgehead atoms. The van der Waals surface area contributed by atoms with Crippen molar-refractivity contribution >= 4 is 28.9 Å². The molecule has 3 rings (SSSR count). The lowest BCUT2D eigenvalue weighted by molar-refractivity contribution is -0.137. The summed E-state index contributed by atoms with van der Waals surface area (Å²) in [4.78, 5) is 11.7. The molecule has 3 aromatic rings. The first-order valence-corrected chi connectivity index (χ1v) is 8.38. The van der Waals surface area contributed by atoms with Crippen molar-refractivity contribution in [3.05, 3.63) is 58.5 Å². The van der Waals surface area contributed by atoms with Gasteiger partial charge in [-0.2, -0.15) is 18.2 Å². The van der Waals surface area contributed by atoms with Gasteiger partial charge in [-0.05, 0) is 43.2 Å². The van der Waals surface area contributed by atoms with Crippen molar-refractivity contribution < 1.29 is 17.9 Å². The van der Waals surface area contributed by atoms with Gasteiger partial charge in [0, 0.05) is 6.20 Å². The molecule has 0 radical (unpaired) electrons. The smallest absolute Gasteiger partial charge is 0.417 e. The zero-order chi connectivity index (χ0) is 20.5. The molecule has 1 aromatic carbocycles. The summed E-state index contributed by atoms with van der Waals surface area (Å²) in [5.41, 5.74) is 7.26. The number of aryl methyl sites for hydroxylation is 2. The maximum atomic E-state index is 12.7. The summed E-state index contributed by atoms with van der Waals surface area (Å²) in [5, 5.41) is 2.47. The van der Waals surface area contributed by atoms with E-state index in [0.717, 1.165) is 17.2 Å². The number of anilines is 3. The van der Waals surface area contributed by atoms with Crippen LogP contribution in [-0.4, -0.2) is 15.0 Å². The van der Waals surface area contributed by atoms with Gasteiger partial charge in [-0.1, -0.05) is 17.7 Å². The maximum Gasteiger partial charge on any atom is 0.417 e. The van der Waals surface area contributed by atoms with Gasteiger partial charge in [0.25, 0.3) is 0 Å². The highest BCUT2D eigenvalue weighted by atomic mass is 35.5. The molecule has 0 unspecified atom stereocenters. The number of nitrogens with two attached hydrogens (primary N) is 1. The third-order valence-electron chi connectivity index (χ3n) is 3.95. The molecule has 146 valence electrons. The molecule has 0 amide bonds. The van der Waals surface area contributed by atoms with Crippen LogP contribution in [0.2, 0.25) is 5.02 Å². The number of ether oxygens (including phenoxy) is 1. The minimum atomic E-state index is -4.55. The Morgan fingerprint density at radius 1 is 1.04 bits per heavy atom. The van der Waals surface area contributed by atoms with Gasteiger partial charge in [0.1, 0.15) is 23.6 Å². The number of nitrogens with one attached hydrogen (secondary N) is 1. The van der Waals surface area contributed by atoms with Crippen LogP contribution in [-0.2, 0) is 6.18 Å². The van der Waals surface area contributed by atoms with Crippen LogP contribution in [0.1, 0.15) is 16.7 Å². The van der Waals surface area contributed by atoms with Crippen LogP contribution in [0.15, 0.2) is 36.8 Å².